The SMILES string of the molecule is C[C@@H]1CN(C(=O)c2nn(C)cc2Cl)C[C@@]1(O)C1CCC1. The molecule has 1 aliphatic carbocycles. The topological polar surface area (TPSA) is 58.4 Å². The minimum atomic E-state index is -0.741. The zero-order valence-corrected chi connectivity index (χ0v) is 12.6. The number of aromatic nitrogens is 2. The lowest BCUT2D eigenvalue weighted by Gasteiger charge is -2.41. The number of halogens is 1. The van der Waals surface area contributed by atoms with Crippen LogP contribution in [0.2, 0.25) is 5.02 Å². The van der Waals surface area contributed by atoms with Crippen molar-refractivity contribution in [1.82, 2.24) is 14.7 Å². The standard InChI is InChI=1S/C14H20ClN3O2/c1-9-6-18(8-14(9,20)10-4-3-5-10)13(19)12-11(15)7-17(2)16-12/h7,9-10,20H,3-6,8H2,1-2H3/t9-,14+/m1/s1. The van der Waals surface area contributed by atoms with E-state index in [1.807, 2.05) is 6.92 Å². The van der Waals surface area contributed by atoms with Gasteiger partial charge in [0.2, 0.25) is 0 Å². The molecule has 2 heterocycles. The van der Waals surface area contributed by atoms with Gasteiger partial charge in [-0.05, 0) is 18.8 Å². The van der Waals surface area contributed by atoms with Crippen molar-refractivity contribution in [2.75, 3.05) is 13.1 Å². The molecule has 0 bridgehead atoms. The molecule has 1 aliphatic heterocycles. The van der Waals surface area contributed by atoms with Crippen LogP contribution in [0.1, 0.15) is 36.7 Å². The summed E-state index contributed by atoms with van der Waals surface area (Å²) in [6, 6.07) is 0. The molecule has 0 radical (unpaired) electrons. The second-order valence-electron chi connectivity index (χ2n) is 6.21. The molecule has 110 valence electrons. The summed E-state index contributed by atoms with van der Waals surface area (Å²) in [5.74, 6) is 0.242. The Labute approximate surface area is 123 Å². The van der Waals surface area contributed by atoms with Crippen molar-refractivity contribution in [3.05, 3.63) is 16.9 Å². The quantitative estimate of drug-likeness (QED) is 0.904. The van der Waals surface area contributed by atoms with Crippen LogP contribution in [0, 0.1) is 11.8 Å². The highest BCUT2D eigenvalue weighted by Crippen LogP contribution is 2.44. The van der Waals surface area contributed by atoms with Crippen LogP contribution in [0.3, 0.4) is 0 Å². The van der Waals surface area contributed by atoms with Gasteiger partial charge in [0.15, 0.2) is 5.69 Å². The van der Waals surface area contributed by atoms with Crippen molar-refractivity contribution in [2.24, 2.45) is 18.9 Å². The molecule has 5 nitrogen and oxygen atoms in total. The molecule has 20 heavy (non-hydrogen) atoms. The Kier molecular flexibility index (Phi) is 3.29. The zero-order chi connectivity index (χ0) is 14.5. The molecule has 1 aromatic heterocycles. The number of carbonyl (C=O) groups excluding carboxylic acids is 1. The predicted octanol–water partition coefficient (Wildman–Crippen LogP) is 1.70. The molecule has 1 N–H and O–H groups in total. The molecule has 0 aromatic carbocycles. The molecule has 3 rings (SSSR count). The van der Waals surface area contributed by atoms with Crippen LogP contribution in [0.4, 0.5) is 0 Å². The predicted molar refractivity (Wildman–Crippen MR) is 75.6 cm³/mol. The summed E-state index contributed by atoms with van der Waals surface area (Å²) < 4.78 is 1.53. The monoisotopic (exact) mass is 297 g/mol. The zero-order valence-electron chi connectivity index (χ0n) is 11.8. The first-order valence-electron chi connectivity index (χ1n) is 7.12. The van der Waals surface area contributed by atoms with Crippen LogP contribution in [0.15, 0.2) is 6.20 Å². The first kappa shape index (κ1) is 13.9. The number of aliphatic hydroxyl groups is 1. The highest BCUT2D eigenvalue weighted by molar-refractivity contribution is 6.33. The number of nitrogens with zero attached hydrogens (tertiary/aromatic N) is 3. The normalized spacial score (nSPS) is 30.6. The van der Waals surface area contributed by atoms with Crippen molar-refractivity contribution in [1.29, 1.82) is 0 Å². The summed E-state index contributed by atoms with van der Waals surface area (Å²) in [6.07, 6.45) is 4.92. The smallest absolute Gasteiger partial charge is 0.276 e. The van der Waals surface area contributed by atoms with Gasteiger partial charge in [0, 0.05) is 25.7 Å². The van der Waals surface area contributed by atoms with E-state index in [1.165, 1.54) is 11.1 Å². The Morgan fingerprint density at radius 2 is 2.25 bits per heavy atom. The third kappa shape index (κ3) is 2.04. The van der Waals surface area contributed by atoms with Crippen LogP contribution in [0.25, 0.3) is 0 Å². The molecule has 0 unspecified atom stereocenters. The largest absolute Gasteiger partial charge is 0.387 e. The van der Waals surface area contributed by atoms with E-state index in [-0.39, 0.29) is 17.5 Å². The van der Waals surface area contributed by atoms with Gasteiger partial charge < -0.3 is 10.0 Å². The van der Waals surface area contributed by atoms with Crippen molar-refractivity contribution in [3.8, 4) is 0 Å². The number of hydrogen-bond acceptors (Lipinski definition) is 3. The highest BCUT2D eigenvalue weighted by atomic mass is 35.5. The number of amides is 1. The molecule has 6 heteroatoms. The Morgan fingerprint density at radius 3 is 2.75 bits per heavy atom. The van der Waals surface area contributed by atoms with Crippen LogP contribution < -0.4 is 0 Å². The Bertz CT molecular complexity index is 541. The number of carbonyl (C=O) groups is 1. The fourth-order valence-electron chi connectivity index (χ4n) is 3.36. The number of aryl methyl sites for hydroxylation is 1. The molecule has 2 aliphatic rings. The summed E-state index contributed by atoms with van der Waals surface area (Å²) >= 11 is 6.03. The molecule has 1 saturated carbocycles. The van der Waals surface area contributed by atoms with E-state index in [2.05, 4.69) is 5.10 Å². The average Bonchev–Trinajstić information content (AvgIpc) is 2.77. The number of likely N-dealkylation sites (tertiary alicyclic amines) is 1. The fraction of sp³-hybridized carbons (Fsp3) is 0.714. The van der Waals surface area contributed by atoms with Crippen molar-refractivity contribution < 1.29 is 9.90 Å². The maximum absolute atomic E-state index is 12.5. The molecular formula is C14H20ClN3O2. The van der Waals surface area contributed by atoms with Gasteiger partial charge in [-0.25, -0.2) is 0 Å². The fourth-order valence-corrected chi connectivity index (χ4v) is 3.62. The van der Waals surface area contributed by atoms with E-state index in [4.69, 9.17) is 11.6 Å². The Morgan fingerprint density at radius 1 is 1.55 bits per heavy atom. The van der Waals surface area contributed by atoms with Gasteiger partial charge in [0.25, 0.3) is 5.91 Å². The molecule has 1 aromatic rings. The minimum Gasteiger partial charge on any atom is -0.387 e. The van der Waals surface area contributed by atoms with E-state index >= 15 is 0 Å². The second kappa shape index (κ2) is 4.74. The van der Waals surface area contributed by atoms with Crippen molar-refractivity contribution in [3.63, 3.8) is 0 Å². The lowest BCUT2D eigenvalue weighted by Crippen LogP contribution is -2.48. The number of hydrogen-bond donors (Lipinski definition) is 1. The maximum atomic E-state index is 12.5. The summed E-state index contributed by atoms with van der Waals surface area (Å²) in [6.45, 7) is 2.98. The summed E-state index contributed by atoms with van der Waals surface area (Å²) in [5.41, 5.74) is -0.464. The van der Waals surface area contributed by atoms with Gasteiger partial charge in [-0.1, -0.05) is 24.9 Å². The third-order valence-corrected chi connectivity index (χ3v) is 5.15. The molecule has 2 atom stereocenters. The lowest BCUT2D eigenvalue weighted by molar-refractivity contribution is -0.0660. The van der Waals surface area contributed by atoms with Gasteiger partial charge in [-0.3, -0.25) is 9.48 Å². The van der Waals surface area contributed by atoms with E-state index < -0.39 is 5.60 Å². The summed E-state index contributed by atoms with van der Waals surface area (Å²) in [4.78, 5) is 14.2. The Hall–Kier alpha value is -1.07. The minimum absolute atomic E-state index is 0.0965. The second-order valence-corrected chi connectivity index (χ2v) is 6.61. The van der Waals surface area contributed by atoms with Crippen LogP contribution in [-0.4, -0.2) is 44.4 Å². The molecule has 2 fully saturated rings. The first-order chi connectivity index (χ1) is 9.41. The molecular weight excluding hydrogens is 278 g/mol. The maximum Gasteiger partial charge on any atom is 0.276 e. The van der Waals surface area contributed by atoms with Crippen LogP contribution in [-0.2, 0) is 7.05 Å². The Balaban J connectivity index is 1.79. The molecule has 1 saturated heterocycles. The van der Waals surface area contributed by atoms with Gasteiger partial charge in [-0.2, -0.15) is 5.10 Å². The summed E-state index contributed by atoms with van der Waals surface area (Å²) in [5, 5.41) is 15.4. The van der Waals surface area contributed by atoms with Crippen LogP contribution >= 0.6 is 11.6 Å². The molecule has 0 spiro atoms. The first-order valence-corrected chi connectivity index (χ1v) is 7.50. The van der Waals surface area contributed by atoms with Gasteiger partial charge in [-0.15, -0.1) is 0 Å². The third-order valence-electron chi connectivity index (χ3n) is 4.88. The number of rotatable bonds is 2. The lowest BCUT2D eigenvalue weighted by atomic mass is 9.69. The molecule has 1 amide bonds. The van der Waals surface area contributed by atoms with Crippen molar-refractivity contribution in [2.45, 2.75) is 31.8 Å². The van der Waals surface area contributed by atoms with E-state index in [9.17, 15) is 9.90 Å². The average molecular weight is 298 g/mol. The van der Waals surface area contributed by atoms with Gasteiger partial charge in [0.1, 0.15) is 0 Å². The van der Waals surface area contributed by atoms with Crippen molar-refractivity contribution >= 4 is 17.5 Å². The van der Waals surface area contributed by atoms with E-state index in [1.54, 1.807) is 18.1 Å². The van der Waals surface area contributed by atoms with E-state index in [0.717, 1.165) is 12.8 Å². The van der Waals surface area contributed by atoms with Gasteiger partial charge in [0.05, 0.1) is 17.2 Å². The van der Waals surface area contributed by atoms with Crippen LogP contribution in [0.5, 0.6) is 0 Å². The summed E-state index contributed by atoms with van der Waals surface area (Å²) in [7, 11) is 1.74. The highest BCUT2D eigenvalue weighted by Gasteiger charge is 2.51. The van der Waals surface area contributed by atoms with Gasteiger partial charge >= 0.3 is 0 Å². The number of β-amino-alcohol motifs (C(OH)–C–C–N with tert-alkyl or cyclic N) is 1. The van der Waals surface area contributed by atoms with E-state index in [0.29, 0.717) is 24.0 Å².